The molecule has 4 heteroatoms. The number of carbonyl (C=O) groups is 2. The van der Waals surface area contributed by atoms with Gasteiger partial charge in [0.1, 0.15) is 5.78 Å². The van der Waals surface area contributed by atoms with Gasteiger partial charge in [0.2, 0.25) is 0 Å². The third-order valence-electron chi connectivity index (χ3n) is 5.32. The first-order valence-electron chi connectivity index (χ1n) is 8.11. The second-order valence-corrected chi connectivity index (χ2v) is 6.75. The van der Waals surface area contributed by atoms with Gasteiger partial charge < -0.3 is 9.84 Å². The van der Waals surface area contributed by atoms with Crippen LogP contribution in [0.4, 0.5) is 0 Å². The van der Waals surface area contributed by atoms with Crippen LogP contribution < -0.4 is 0 Å². The molecule has 1 aliphatic carbocycles. The predicted molar refractivity (Wildman–Crippen MR) is 88.8 cm³/mol. The molecule has 0 radical (unpaired) electrons. The summed E-state index contributed by atoms with van der Waals surface area (Å²) in [7, 11) is 1.50. The van der Waals surface area contributed by atoms with E-state index in [9.17, 15) is 14.7 Å². The van der Waals surface area contributed by atoms with Crippen LogP contribution in [0.25, 0.3) is 0 Å². The van der Waals surface area contributed by atoms with Crippen molar-refractivity contribution in [2.75, 3.05) is 7.11 Å². The Kier molecular flexibility index (Phi) is 4.95. The lowest BCUT2D eigenvalue weighted by Gasteiger charge is -2.45. The van der Waals surface area contributed by atoms with Crippen LogP contribution >= 0.6 is 0 Å². The standard InChI is InChI=1S/C19H26O4/c1-11-9-12(2)17(13(3)10-11)15-7-6-8-16(23-5)19(15,14(4)20)18(21)22/h9-10,15-16H,6-8H2,1-5H3,(H,21,22). The first kappa shape index (κ1) is 17.7. The fraction of sp³-hybridized carbons (Fsp3) is 0.579. The topological polar surface area (TPSA) is 63.6 Å². The summed E-state index contributed by atoms with van der Waals surface area (Å²) >= 11 is 0. The van der Waals surface area contributed by atoms with E-state index in [2.05, 4.69) is 12.1 Å². The lowest BCUT2D eigenvalue weighted by molar-refractivity contribution is -0.170. The van der Waals surface area contributed by atoms with Gasteiger partial charge in [0.25, 0.3) is 0 Å². The predicted octanol–water partition coefficient (Wildman–Crippen LogP) is 3.55. The molecule has 0 saturated heterocycles. The molecule has 3 unspecified atom stereocenters. The maximum Gasteiger partial charge on any atom is 0.320 e. The van der Waals surface area contributed by atoms with Crippen molar-refractivity contribution in [2.45, 2.75) is 59.0 Å². The Morgan fingerprint density at radius 2 is 1.74 bits per heavy atom. The van der Waals surface area contributed by atoms with Gasteiger partial charge in [-0.2, -0.15) is 0 Å². The molecule has 1 aromatic rings. The highest BCUT2D eigenvalue weighted by atomic mass is 16.5. The number of aliphatic carboxylic acids is 1. The first-order valence-corrected chi connectivity index (χ1v) is 8.11. The fourth-order valence-electron chi connectivity index (χ4n) is 4.51. The zero-order valence-corrected chi connectivity index (χ0v) is 14.6. The van der Waals surface area contributed by atoms with Gasteiger partial charge in [0, 0.05) is 13.0 Å². The molecule has 1 N–H and O–H groups in total. The van der Waals surface area contributed by atoms with Crippen LogP contribution in [0.15, 0.2) is 12.1 Å². The molecular weight excluding hydrogens is 292 g/mol. The number of carboxylic acids is 1. The molecule has 0 heterocycles. The van der Waals surface area contributed by atoms with E-state index in [0.717, 1.165) is 28.7 Å². The molecule has 0 amide bonds. The van der Waals surface area contributed by atoms with Crippen molar-refractivity contribution < 1.29 is 19.4 Å². The average molecular weight is 318 g/mol. The van der Waals surface area contributed by atoms with Gasteiger partial charge in [-0.1, -0.05) is 24.1 Å². The SMILES string of the molecule is COC1CCCC(c2c(C)cc(C)cc2C)C1(C(C)=O)C(=O)O. The minimum absolute atomic E-state index is 0.319. The van der Waals surface area contributed by atoms with Crippen molar-refractivity contribution in [1.82, 2.24) is 0 Å². The second-order valence-electron chi connectivity index (χ2n) is 6.75. The zero-order valence-electron chi connectivity index (χ0n) is 14.6. The van der Waals surface area contributed by atoms with E-state index in [1.807, 2.05) is 20.8 Å². The fourth-order valence-corrected chi connectivity index (χ4v) is 4.51. The Morgan fingerprint density at radius 3 is 2.17 bits per heavy atom. The molecule has 0 bridgehead atoms. The lowest BCUT2D eigenvalue weighted by Crippen LogP contribution is -2.55. The highest BCUT2D eigenvalue weighted by Gasteiger charge is 2.58. The molecule has 1 fully saturated rings. The van der Waals surface area contributed by atoms with Gasteiger partial charge in [-0.3, -0.25) is 9.59 Å². The van der Waals surface area contributed by atoms with Gasteiger partial charge in [-0.05, 0) is 57.2 Å². The zero-order chi connectivity index (χ0) is 17.4. The quantitative estimate of drug-likeness (QED) is 0.862. The van der Waals surface area contributed by atoms with Crippen molar-refractivity contribution in [3.05, 3.63) is 34.4 Å². The van der Waals surface area contributed by atoms with Crippen LogP contribution in [-0.2, 0) is 14.3 Å². The van der Waals surface area contributed by atoms with Crippen molar-refractivity contribution in [3.63, 3.8) is 0 Å². The smallest absolute Gasteiger partial charge is 0.320 e. The summed E-state index contributed by atoms with van der Waals surface area (Å²) < 4.78 is 5.48. The van der Waals surface area contributed by atoms with Crippen molar-refractivity contribution in [2.24, 2.45) is 5.41 Å². The first-order chi connectivity index (χ1) is 10.8. The largest absolute Gasteiger partial charge is 0.480 e. The minimum atomic E-state index is -1.50. The van der Waals surface area contributed by atoms with Crippen LogP contribution in [0.1, 0.15) is 54.4 Å². The molecule has 23 heavy (non-hydrogen) atoms. The molecule has 0 aliphatic heterocycles. The number of ketones is 1. The number of hydrogen-bond acceptors (Lipinski definition) is 3. The molecule has 1 saturated carbocycles. The van der Waals surface area contributed by atoms with E-state index < -0.39 is 17.5 Å². The van der Waals surface area contributed by atoms with E-state index in [0.29, 0.717) is 12.8 Å². The molecule has 0 spiro atoms. The van der Waals surface area contributed by atoms with E-state index in [4.69, 9.17) is 4.74 Å². The number of carboxylic acid groups (broad SMARTS) is 1. The van der Waals surface area contributed by atoms with E-state index >= 15 is 0 Å². The monoisotopic (exact) mass is 318 g/mol. The highest BCUT2D eigenvalue weighted by molar-refractivity contribution is 6.04. The molecule has 1 aliphatic rings. The van der Waals surface area contributed by atoms with Gasteiger partial charge in [-0.15, -0.1) is 0 Å². The maximum absolute atomic E-state index is 12.5. The number of carbonyl (C=O) groups excluding carboxylic acids is 1. The molecule has 126 valence electrons. The van der Waals surface area contributed by atoms with Crippen LogP contribution in [-0.4, -0.2) is 30.1 Å². The Hall–Kier alpha value is -1.68. The molecule has 4 nitrogen and oxygen atoms in total. The highest BCUT2D eigenvalue weighted by Crippen LogP contribution is 2.51. The summed E-state index contributed by atoms with van der Waals surface area (Å²) in [6.07, 6.45) is 1.56. The average Bonchev–Trinajstić information content (AvgIpc) is 2.44. The number of hydrogen-bond donors (Lipinski definition) is 1. The summed E-state index contributed by atoms with van der Waals surface area (Å²) in [6.45, 7) is 7.41. The van der Waals surface area contributed by atoms with Crippen LogP contribution in [0.3, 0.4) is 0 Å². The third-order valence-corrected chi connectivity index (χ3v) is 5.32. The molecule has 0 aromatic heterocycles. The Labute approximate surface area is 137 Å². The van der Waals surface area contributed by atoms with Crippen molar-refractivity contribution in [1.29, 1.82) is 0 Å². The summed E-state index contributed by atoms with van der Waals surface area (Å²) in [5, 5.41) is 10.0. The Morgan fingerprint density at radius 1 is 1.17 bits per heavy atom. The van der Waals surface area contributed by atoms with Crippen LogP contribution in [0.5, 0.6) is 0 Å². The number of Topliss-reactive ketones (excluding diaryl/α,β-unsaturated/α-hetero) is 1. The van der Waals surface area contributed by atoms with Crippen LogP contribution in [0, 0.1) is 26.2 Å². The van der Waals surface area contributed by atoms with Crippen molar-refractivity contribution >= 4 is 11.8 Å². The minimum Gasteiger partial charge on any atom is -0.480 e. The summed E-state index contributed by atoms with van der Waals surface area (Å²) in [6, 6.07) is 4.12. The molecule has 2 rings (SSSR count). The lowest BCUT2D eigenvalue weighted by atomic mass is 9.59. The third kappa shape index (κ3) is 2.69. The number of ether oxygens (including phenoxy) is 1. The number of benzene rings is 1. The van der Waals surface area contributed by atoms with E-state index in [1.165, 1.54) is 14.0 Å². The number of aryl methyl sites for hydroxylation is 3. The molecule has 3 atom stereocenters. The summed E-state index contributed by atoms with van der Waals surface area (Å²) in [5.74, 6) is -1.74. The van der Waals surface area contributed by atoms with Gasteiger partial charge >= 0.3 is 5.97 Å². The number of rotatable bonds is 4. The Balaban J connectivity index is 2.72. The number of methoxy groups -OCH3 is 1. The summed E-state index contributed by atoms with van der Waals surface area (Å²) in [5.41, 5.74) is 2.74. The molecule has 1 aromatic carbocycles. The van der Waals surface area contributed by atoms with E-state index in [1.54, 1.807) is 0 Å². The maximum atomic E-state index is 12.5. The van der Waals surface area contributed by atoms with E-state index in [-0.39, 0.29) is 11.7 Å². The van der Waals surface area contributed by atoms with Gasteiger partial charge in [0.05, 0.1) is 6.10 Å². The normalized spacial score (nSPS) is 27.7. The van der Waals surface area contributed by atoms with Crippen molar-refractivity contribution in [3.8, 4) is 0 Å². The van der Waals surface area contributed by atoms with Crippen LogP contribution in [0.2, 0.25) is 0 Å². The van der Waals surface area contributed by atoms with Gasteiger partial charge in [-0.25, -0.2) is 0 Å². The summed E-state index contributed by atoms with van der Waals surface area (Å²) in [4.78, 5) is 24.8. The van der Waals surface area contributed by atoms with Gasteiger partial charge in [0.15, 0.2) is 5.41 Å². The second kappa shape index (κ2) is 6.44. The Bertz CT molecular complexity index is 595. The molecular formula is C19H26O4.